The van der Waals surface area contributed by atoms with Crippen LogP contribution in [0.15, 0.2) is 0 Å². The lowest BCUT2D eigenvalue weighted by molar-refractivity contribution is -0.00523. The number of ether oxygens (including phenoxy) is 2. The van der Waals surface area contributed by atoms with Crippen molar-refractivity contribution in [1.29, 1.82) is 0 Å². The Morgan fingerprint density at radius 1 is 1.50 bits per heavy atom. The van der Waals surface area contributed by atoms with Crippen molar-refractivity contribution in [1.82, 2.24) is 4.98 Å². The minimum atomic E-state index is -0.446. The predicted octanol–water partition coefficient (Wildman–Crippen LogP) is 2.20. The molecule has 0 aliphatic carbocycles. The third-order valence-corrected chi connectivity index (χ3v) is 4.12. The number of hydrogen-bond acceptors (Lipinski definition) is 6. The highest BCUT2D eigenvalue weighted by atomic mass is 35.5. The van der Waals surface area contributed by atoms with Gasteiger partial charge in [0.25, 0.3) is 0 Å². The smallest absolute Gasteiger partial charge is 0.351 e. The van der Waals surface area contributed by atoms with Gasteiger partial charge in [-0.1, -0.05) is 22.9 Å². The summed E-state index contributed by atoms with van der Waals surface area (Å²) >= 11 is 7.21. The number of hydrogen-bond donors (Lipinski definition) is 0. The van der Waals surface area contributed by atoms with Gasteiger partial charge in [0.05, 0.1) is 19.3 Å². The molecule has 0 bridgehead atoms. The Labute approximate surface area is 115 Å². The Bertz CT molecular complexity index is 441. The van der Waals surface area contributed by atoms with E-state index in [0.717, 1.165) is 18.2 Å². The Morgan fingerprint density at radius 2 is 2.11 bits per heavy atom. The molecule has 2 rings (SSSR count). The maximum atomic E-state index is 11.5. The van der Waals surface area contributed by atoms with E-state index < -0.39 is 5.97 Å². The van der Waals surface area contributed by atoms with Crippen LogP contribution in [0, 0.1) is 0 Å². The lowest BCUT2D eigenvalue weighted by Crippen LogP contribution is -2.45. The van der Waals surface area contributed by atoms with E-state index in [4.69, 9.17) is 16.3 Å². The molecular weight excluding hydrogens is 276 g/mol. The number of thiazole rings is 1. The second-order valence-electron chi connectivity index (χ2n) is 4.27. The van der Waals surface area contributed by atoms with Crippen LogP contribution in [0.1, 0.15) is 23.5 Å². The molecule has 0 unspecified atom stereocenters. The van der Waals surface area contributed by atoms with E-state index >= 15 is 0 Å². The third kappa shape index (κ3) is 2.76. The first-order valence-corrected chi connectivity index (χ1v) is 6.85. The molecule has 2 heterocycles. The number of rotatable bonds is 2. The van der Waals surface area contributed by atoms with Crippen LogP contribution < -0.4 is 4.90 Å². The fraction of sp³-hybridized carbons (Fsp3) is 0.636. The molecular formula is C11H15ClN2O3S. The SMILES string of the molecule is COC(=O)c1sc(N2C[C@@H](C)O[C@@H](C)C2)nc1Cl. The molecule has 0 spiro atoms. The number of nitrogens with zero attached hydrogens (tertiary/aromatic N) is 2. The van der Waals surface area contributed by atoms with Crippen molar-refractivity contribution in [3.05, 3.63) is 10.0 Å². The molecule has 0 radical (unpaired) electrons. The van der Waals surface area contributed by atoms with Crippen LogP contribution in [0.4, 0.5) is 5.13 Å². The van der Waals surface area contributed by atoms with Gasteiger partial charge in [-0.25, -0.2) is 9.78 Å². The summed E-state index contributed by atoms with van der Waals surface area (Å²) in [4.78, 5) is 18.1. The van der Waals surface area contributed by atoms with E-state index in [2.05, 4.69) is 14.6 Å². The fourth-order valence-corrected chi connectivity index (χ4v) is 3.20. The maximum Gasteiger partial charge on any atom is 0.351 e. The van der Waals surface area contributed by atoms with Crippen LogP contribution in [0.25, 0.3) is 0 Å². The van der Waals surface area contributed by atoms with Gasteiger partial charge in [0.2, 0.25) is 0 Å². The van der Waals surface area contributed by atoms with E-state index in [0.29, 0.717) is 4.88 Å². The summed E-state index contributed by atoms with van der Waals surface area (Å²) in [6, 6.07) is 0. The van der Waals surface area contributed by atoms with Crippen LogP contribution >= 0.6 is 22.9 Å². The Hall–Kier alpha value is -0.850. The van der Waals surface area contributed by atoms with Crippen molar-refractivity contribution in [2.75, 3.05) is 25.1 Å². The van der Waals surface area contributed by atoms with Gasteiger partial charge in [-0.2, -0.15) is 0 Å². The molecule has 0 amide bonds. The van der Waals surface area contributed by atoms with Crippen molar-refractivity contribution in [3.63, 3.8) is 0 Å². The molecule has 1 fully saturated rings. The number of methoxy groups -OCH3 is 1. The van der Waals surface area contributed by atoms with Gasteiger partial charge < -0.3 is 14.4 Å². The zero-order chi connectivity index (χ0) is 13.3. The first-order valence-electron chi connectivity index (χ1n) is 5.66. The van der Waals surface area contributed by atoms with Crippen molar-refractivity contribution in [3.8, 4) is 0 Å². The lowest BCUT2D eigenvalue weighted by atomic mass is 10.2. The van der Waals surface area contributed by atoms with Crippen LogP contribution in [-0.4, -0.2) is 43.4 Å². The highest BCUT2D eigenvalue weighted by Gasteiger charge is 2.26. The molecule has 7 heteroatoms. The second kappa shape index (κ2) is 5.42. The van der Waals surface area contributed by atoms with E-state index in [1.807, 2.05) is 13.8 Å². The second-order valence-corrected chi connectivity index (χ2v) is 5.61. The summed E-state index contributed by atoms with van der Waals surface area (Å²) in [6.07, 6.45) is 0.274. The largest absolute Gasteiger partial charge is 0.465 e. The third-order valence-electron chi connectivity index (χ3n) is 2.64. The molecule has 18 heavy (non-hydrogen) atoms. The molecule has 5 nitrogen and oxygen atoms in total. The number of aromatic nitrogens is 1. The Kier molecular flexibility index (Phi) is 4.09. The predicted molar refractivity (Wildman–Crippen MR) is 70.7 cm³/mol. The molecule has 0 aromatic carbocycles. The van der Waals surface area contributed by atoms with E-state index in [-0.39, 0.29) is 17.4 Å². The molecule has 1 aliphatic heterocycles. The Morgan fingerprint density at radius 3 is 2.67 bits per heavy atom. The van der Waals surface area contributed by atoms with Gasteiger partial charge in [0, 0.05) is 13.1 Å². The summed E-state index contributed by atoms with van der Waals surface area (Å²) in [7, 11) is 1.33. The van der Waals surface area contributed by atoms with Crippen molar-refractivity contribution in [2.24, 2.45) is 0 Å². The van der Waals surface area contributed by atoms with Crippen molar-refractivity contribution < 1.29 is 14.3 Å². The van der Waals surface area contributed by atoms with Crippen LogP contribution in [0.3, 0.4) is 0 Å². The number of esters is 1. The zero-order valence-corrected chi connectivity index (χ0v) is 12.0. The van der Waals surface area contributed by atoms with Crippen LogP contribution in [0.2, 0.25) is 5.15 Å². The lowest BCUT2D eigenvalue weighted by Gasteiger charge is -2.35. The average Bonchev–Trinajstić information content (AvgIpc) is 2.69. The standard InChI is InChI=1S/C11H15ClN2O3S/c1-6-4-14(5-7(2)17-6)11-13-9(12)8(18-11)10(15)16-3/h6-7H,4-5H2,1-3H3/t6-,7+. The highest BCUT2D eigenvalue weighted by molar-refractivity contribution is 7.18. The Balaban J connectivity index is 2.21. The van der Waals surface area contributed by atoms with Crippen LogP contribution in [0.5, 0.6) is 0 Å². The van der Waals surface area contributed by atoms with E-state index in [1.54, 1.807) is 0 Å². The summed E-state index contributed by atoms with van der Waals surface area (Å²) in [6.45, 7) is 5.52. The zero-order valence-electron chi connectivity index (χ0n) is 10.5. The number of carbonyl (C=O) groups is 1. The number of anilines is 1. The average molecular weight is 291 g/mol. The van der Waals surface area contributed by atoms with Gasteiger partial charge in [0.1, 0.15) is 0 Å². The van der Waals surface area contributed by atoms with Crippen molar-refractivity contribution >= 4 is 34.0 Å². The van der Waals surface area contributed by atoms with E-state index in [1.165, 1.54) is 18.4 Å². The number of halogens is 1. The number of morpholine rings is 1. The quantitative estimate of drug-likeness (QED) is 0.782. The summed E-state index contributed by atoms with van der Waals surface area (Å²) < 4.78 is 10.3. The van der Waals surface area contributed by atoms with Crippen LogP contribution in [-0.2, 0) is 9.47 Å². The molecule has 1 aromatic heterocycles. The fourth-order valence-electron chi connectivity index (χ4n) is 1.98. The van der Waals surface area contributed by atoms with Gasteiger partial charge in [-0.3, -0.25) is 0 Å². The first-order chi connectivity index (χ1) is 8.51. The minimum absolute atomic E-state index is 0.137. The normalized spacial score (nSPS) is 24.1. The van der Waals surface area contributed by atoms with Gasteiger partial charge >= 0.3 is 5.97 Å². The minimum Gasteiger partial charge on any atom is -0.465 e. The number of carbonyl (C=O) groups excluding carboxylic acids is 1. The van der Waals surface area contributed by atoms with Gasteiger partial charge in [-0.05, 0) is 13.8 Å². The highest BCUT2D eigenvalue weighted by Crippen LogP contribution is 2.31. The molecule has 2 atom stereocenters. The topological polar surface area (TPSA) is 51.7 Å². The summed E-state index contributed by atoms with van der Waals surface area (Å²) in [5.41, 5.74) is 0. The molecule has 100 valence electrons. The summed E-state index contributed by atoms with van der Waals surface area (Å²) in [5, 5.41) is 0.941. The first kappa shape index (κ1) is 13.6. The molecule has 1 saturated heterocycles. The molecule has 1 aliphatic rings. The van der Waals surface area contributed by atoms with Gasteiger partial charge in [0.15, 0.2) is 15.2 Å². The van der Waals surface area contributed by atoms with Crippen molar-refractivity contribution in [2.45, 2.75) is 26.1 Å². The monoisotopic (exact) mass is 290 g/mol. The molecule has 0 N–H and O–H groups in total. The summed E-state index contributed by atoms with van der Waals surface area (Å²) in [5.74, 6) is -0.446. The maximum absolute atomic E-state index is 11.5. The van der Waals surface area contributed by atoms with E-state index in [9.17, 15) is 4.79 Å². The molecule has 0 saturated carbocycles. The molecule has 1 aromatic rings. The van der Waals surface area contributed by atoms with Gasteiger partial charge in [-0.15, -0.1) is 0 Å².